The smallest absolute Gasteiger partial charge is 0.408 e. The molecule has 0 spiro atoms. The van der Waals surface area contributed by atoms with Crippen LogP contribution in [-0.4, -0.2) is 32.1 Å². The molecule has 0 radical (unpaired) electrons. The number of imidazole rings is 1. The predicted molar refractivity (Wildman–Crippen MR) is 85.5 cm³/mol. The van der Waals surface area contributed by atoms with Crippen LogP contribution in [0.15, 0.2) is 34.9 Å². The minimum Gasteiger partial charge on any atom is -0.465 e. The third-order valence-electron chi connectivity index (χ3n) is 4.84. The number of amides is 1. The topological polar surface area (TPSA) is 69.2 Å². The summed E-state index contributed by atoms with van der Waals surface area (Å²) in [5.41, 5.74) is 1.97. The lowest BCUT2D eigenvalue weighted by atomic mass is 9.98. The van der Waals surface area contributed by atoms with E-state index in [1.165, 1.54) is 0 Å². The standard InChI is InChI=1S/C16H16BrN3O2/c17-11-4-1-9(2-5-11)13-8-18-15(19-13)14-10-3-6-12(7-10)20(14)16(21)22/h1-2,4-5,8,10,12,14H,3,6-7H2,(H,18,19)(H,21,22). The highest BCUT2D eigenvalue weighted by atomic mass is 79.9. The van der Waals surface area contributed by atoms with Gasteiger partial charge in [-0.3, -0.25) is 4.90 Å². The highest BCUT2D eigenvalue weighted by molar-refractivity contribution is 9.10. The van der Waals surface area contributed by atoms with Gasteiger partial charge in [0.25, 0.3) is 0 Å². The van der Waals surface area contributed by atoms with Gasteiger partial charge in [-0.1, -0.05) is 28.1 Å². The van der Waals surface area contributed by atoms with Crippen LogP contribution >= 0.6 is 15.9 Å². The SMILES string of the molecule is O=C(O)N1C2CCC(C2)C1c1ncc(-c2ccc(Br)cc2)[nH]1. The Kier molecular flexibility index (Phi) is 3.22. The van der Waals surface area contributed by atoms with Gasteiger partial charge in [0.1, 0.15) is 5.82 Å². The monoisotopic (exact) mass is 361 g/mol. The molecule has 1 aliphatic heterocycles. The summed E-state index contributed by atoms with van der Waals surface area (Å²) in [4.78, 5) is 21.0. The quantitative estimate of drug-likeness (QED) is 0.847. The molecule has 2 aromatic rings. The summed E-state index contributed by atoms with van der Waals surface area (Å²) >= 11 is 3.43. The molecule has 114 valence electrons. The van der Waals surface area contributed by atoms with Crippen LogP contribution in [-0.2, 0) is 0 Å². The van der Waals surface area contributed by atoms with Crippen LogP contribution in [0.4, 0.5) is 4.79 Å². The average molecular weight is 362 g/mol. The maximum atomic E-state index is 11.6. The number of H-pyrrole nitrogens is 1. The first-order chi connectivity index (χ1) is 10.6. The minimum absolute atomic E-state index is 0.125. The van der Waals surface area contributed by atoms with Crippen LogP contribution in [0, 0.1) is 5.92 Å². The van der Waals surface area contributed by atoms with Crippen LogP contribution in [0.3, 0.4) is 0 Å². The van der Waals surface area contributed by atoms with E-state index in [0.717, 1.165) is 40.8 Å². The summed E-state index contributed by atoms with van der Waals surface area (Å²) < 4.78 is 1.03. The molecule has 2 aliphatic rings. The fourth-order valence-corrected chi connectivity index (χ4v) is 4.14. The average Bonchev–Trinajstić information content (AvgIpc) is 3.22. The molecule has 1 saturated carbocycles. The lowest BCUT2D eigenvalue weighted by Crippen LogP contribution is -2.39. The fourth-order valence-electron chi connectivity index (χ4n) is 3.88. The zero-order chi connectivity index (χ0) is 15.3. The van der Waals surface area contributed by atoms with E-state index in [-0.39, 0.29) is 12.1 Å². The summed E-state index contributed by atoms with van der Waals surface area (Å²) in [7, 11) is 0. The van der Waals surface area contributed by atoms with Crippen molar-refractivity contribution in [3.05, 3.63) is 40.8 Å². The van der Waals surface area contributed by atoms with Gasteiger partial charge in [0.15, 0.2) is 0 Å². The molecule has 2 fully saturated rings. The lowest BCUT2D eigenvalue weighted by Gasteiger charge is -2.31. The second kappa shape index (κ2) is 5.12. The Balaban J connectivity index is 1.66. The number of nitrogens with one attached hydrogen (secondary N) is 1. The number of carboxylic acid groups (broad SMARTS) is 1. The third-order valence-corrected chi connectivity index (χ3v) is 5.37. The number of benzene rings is 1. The highest BCUT2D eigenvalue weighted by Crippen LogP contribution is 2.49. The van der Waals surface area contributed by atoms with Gasteiger partial charge in [0.05, 0.1) is 17.9 Å². The number of aromatic amines is 1. The van der Waals surface area contributed by atoms with Crippen LogP contribution in [0.5, 0.6) is 0 Å². The van der Waals surface area contributed by atoms with E-state index in [0.29, 0.717) is 5.92 Å². The van der Waals surface area contributed by atoms with Gasteiger partial charge in [-0.2, -0.15) is 0 Å². The number of carbonyl (C=O) groups is 1. The van der Waals surface area contributed by atoms with E-state index in [2.05, 4.69) is 25.9 Å². The first kappa shape index (κ1) is 13.8. The molecule has 2 bridgehead atoms. The molecule has 1 amide bonds. The molecule has 3 unspecified atom stereocenters. The predicted octanol–water partition coefficient (Wildman–Crippen LogP) is 4.04. The van der Waals surface area contributed by atoms with Crippen molar-refractivity contribution in [1.82, 2.24) is 14.9 Å². The van der Waals surface area contributed by atoms with E-state index in [1.807, 2.05) is 24.3 Å². The zero-order valence-electron chi connectivity index (χ0n) is 11.9. The van der Waals surface area contributed by atoms with Gasteiger partial charge in [-0.25, -0.2) is 9.78 Å². The molecular formula is C16H16BrN3O2. The number of rotatable bonds is 2. The molecule has 3 atom stereocenters. The second-order valence-electron chi connectivity index (χ2n) is 6.05. The normalized spacial score (nSPS) is 26.6. The first-order valence-corrected chi connectivity index (χ1v) is 8.25. The Morgan fingerprint density at radius 3 is 2.82 bits per heavy atom. The summed E-state index contributed by atoms with van der Waals surface area (Å²) in [6.45, 7) is 0. The number of hydrogen-bond acceptors (Lipinski definition) is 2. The first-order valence-electron chi connectivity index (χ1n) is 7.45. The van der Waals surface area contributed by atoms with E-state index < -0.39 is 6.09 Å². The summed E-state index contributed by atoms with van der Waals surface area (Å²) in [6.07, 6.45) is 4.00. The minimum atomic E-state index is -0.834. The molecule has 1 aliphatic carbocycles. The molecule has 6 heteroatoms. The number of likely N-dealkylation sites (tertiary alicyclic amines) is 1. The second-order valence-corrected chi connectivity index (χ2v) is 6.97. The summed E-state index contributed by atoms with van der Waals surface area (Å²) in [5, 5.41) is 9.50. The fraction of sp³-hybridized carbons (Fsp3) is 0.375. The van der Waals surface area contributed by atoms with Crippen molar-refractivity contribution in [1.29, 1.82) is 0 Å². The largest absolute Gasteiger partial charge is 0.465 e. The lowest BCUT2D eigenvalue weighted by molar-refractivity contribution is 0.0992. The van der Waals surface area contributed by atoms with Crippen LogP contribution in [0.1, 0.15) is 31.1 Å². The number of hydrogen-bond donors (Lipinski definition) is 2. The van der Waals surface area contributed by atoms with Gasteiger partial charge in [-0.05, 0) is 42.9 Å². The van der Waals surface area contributed by atoms with Crippen molar-refractivity contribution in [3.63, 3.8) is 0 Å². The number of halogens is 1. The molecule has 22 heavy (non-hydrogen) atoms. The van der Waals surface area contributed by atoms with E-state index >= 15 is 0 Å². The maximum absolute atomic E-state index is 11.6. The Bertz CT molecular complexity index is 712. The zero-order valence-corrected chi connectivity index (χ0v) is 13.5. The number of aromatic nitrogens is 2. The Hall–Kier alpha value is -1.82. The molecule has 1 aromatic heterocycles. The van der Waals surface area contributed by atoms with Crippen LogP contribution < -0.4 is 0 Å². The van der Waals surface area contributed by atoms with Crippen molar-refractivity contribution in [2.24, 2.45) is 5.92 Å². The van der Waals surface area contributed by atoms with Crippen molar-refractivity contribution < 1.29 is 9.90 Å². The Morgan fingerprint density at radius 1 is 1.32 bits per heavy atom. The van der Waals surface area contributed by atoms with Gasteiger partial charge < -0.3 is 10.1 Å². The Morgan fingerprint density at radius 2 is 2.09 bits per heavy atom. The maximum Gasteiger partial charge on any atom is 0.408 e. The number of nitrogens with zero attached hydrogens (tertiary/aromatic N) is 2. The summed E-state index contributed by atoms with van der Waals surface area (Å²) in [5.74, 6) is 1.16. The van der Waals surface area contributed by atoms with E-state index in [1.54, 1.807) is 11.1 Å². The Labute approximate surface area is 136 Å². The molecule has 4 rings (SSSR count). The van der Waals surface area contributed by atoms with Crippen LogP contribution in [0.2, 0.25) is 0 Å². The molecule has 5 nitrogen and oxygen atoms in total. The van der Waals surface area contributed by atoms with Crippen LogP contribution in [0.25, 0.3) is 11.3 Å². The van der Waals surface area contributed by atoms with Gasteiger partial charge >= 0.3 is 6.09 Å². The molecule has 2 N–H and O–H groups in total. The third kappa shape index (κ3) is 2.13. The molecule has 1 saturated heterocycles. The number of fused-ring (bicyclic) bond motifs is 2. The molecule has 2 heterocycles. The van der Waals surface area contributed by atoms with Gasteiger partial charge in [0, 0.05) is 10.5 Å². The van der Waals surface area contributed by atoms with Crippen molar-refractivity contribution in [3.8, 4) is 11.3 Å². The van der Waals surface area contributed by atoms with Gasteiger partial charge in [0.2, 0.25) is 0 Å². The van der Waals surface area contributed by atoms with Crippen molar-refractivity contribution >= 4 is 22.0 Å². The summed E-state index contributed by atoms with van der Waals surface area (Å²) in [6, 6.07) is 8.02. The van der Waals surface area contributed by atoms with Crippen molar-refractivity contribution in [2.75, 3.05) is 0 Å². The van der Waals surface area contributed by atoms with Crippen molar-refractivity contribution in [2.45, 2.75) is 31.3 Å². The molecular weight excluding hydrogens is 346 g/mol. The number of piperidine rings is 1. The van der Waals surface area contributed by atoms with Gasteiger partial charge in [-0.15, -0.1) is 0 Å². The van der Waals surface area contributed by atoms with E-state index in [9.17, 15) is 9.90 Å². The highest BCUT2D eigenvalue weighted by Gasteiger charge is 2.50. The van der Waals surface area contributed by atoms with E-state index in [4.69, 9.17) is 0 Å². The molecule has 1 aromatic carbocycles.